The smallest absolute Gasteiger partial charge is 0.251 e. The number of nitrogens with one attached hydrogen (secondary N) is 2. The Labute approximate surface area is 123 Å². The van der Waals surface area contributed by atoms with Gasteiger partial charge in [0.15, 0.2) is 0 Å². The molecule has 1 aromatic carbocycles. The molecule has 1 aliphatic heterocycles. The second-order valence-corrected chi connectivity index (χ2v) is 6.23. The molecule has 2 aromatic rings. The van der Waals surface area contributed by atoms with Crippen LogP contribution >= 0.6 is 0 Å². The SMILES string of the molecule is O=C(NCC1CCN(C2CC2)C1)c1ccc2nc[nH]c2c1. The summed E-state index contributed by atoms with van der Waals surface area (Å²) in [5.41, 5.74) is 2.50. The molecule has 0 bridgehead atoms. The van der Waals surface area contributed by atoms with Crippen LogP contribution in [0, 0.1) is 5.92 Å². The van der Waals surface area contributed by atoms with Gasteiger partial charge in [-0.2, -0.15) is 0 Å². The van der Waals surface area contributed by atoms with Gasteiger partial charge in [-0.1, -0.05) is 0 Å². The molecule has 1 saturated heterocycles. The fourth-order valence-electron chi connectivity index (χ4n) is 3.22. The highest BCUT2D eigenvalue weighted by molar-refractivity contribution is 5.97. The first-order valence-corrected chi connectivity index (χ1v) is 7.75. The van der Waals surface area contributed by atoms with Crippen molar-refractivity contribution in [3.63, 3.8) is 0 Å². The van der Waals surface area contributed by atoms with Gasteiger partial charge in [0.25, 0.3) is 5.91 Å². The van der Waals surface area contributed by atoms with Gasteiger partial charge in [0.2, 0.25) is 0 Å². The molecule has 110 valence electrons. The molecule has 1 aliphatic carbocycles. The Kier molecular flexibility index (Phi) is 3.15. The van der Waals surface area contributed by atoms with Crippen LogP contribution in [-0.4, -0.2) is 46.5 Å². The lowest BCUT2D eigenvalue weighted by Crippen LogP contribution is -2.31. The number of benzene rings is 1. The molecule has 4 rings (SSSR count). The van der Waals surface area contributed by atoms with Crippen molar-refractivity contribution >= 4 is 16.9 Å². The fourth-order valence-corrected chi connectivity index (χ4v) is 3.22. The van der Waals surface area contributed by atoms with Crippen molar-refractivity contribution in [1.82, 2.24) is 20.2 Å². The highest BCUT2D eigenvalue weighted by atomic mass is 16.1. The molecule has 1 amide bonds. The fraction of sp³-hybridized carbons (Fsp3) is 0.500. The summed E-state index contributed by atoms with van der Waals surface area (Å²) in [6.07, 6.45) is 5.58. The van der Waals surface area contributed by atoms with Crippen molar-refractivity contribution in [3.05, 3.63) is 30.1 Å². The Morgan fingerprint density at radius 2 is 2.29 bits per heavy atom. The summed E-state index contributed by atoms with van der Waals surface area (Å²) < 4.78 is 0. The van der Waals surface area contributed by atoms with E-state index in [-0.39, 0.29) is 5.91 Å². The molecule has 2 aliphatic rings. The first-order valence-electron chi connectivity index (χ1n) is 7.75. The van der Waals surface area contributed by atoms with Crippen LogP contribution in [0.15, 0.2) is 24.5 Å². The molecule has 5 heteroatoms. The summed E-state index contributed by atoms with van der Waals surface area (Å²) in [7, 11) is 0. The third-order valence-corrected chi connectivity index (χ3v) is 4.61. The van der Waals surface area contributed by atoms with Crippen molar-refractivity contribution in [2.45, 2.75) is 25.3 Å². The number of carbonyl (C=O) groups is 1. The zero-order chi connectivity index (χ0) is 14.2. The molecular formula is C16H20N4O. The summed E-state index contributed by atoms with van der Waals surface area (Å²) >= 11 is 0. The van der Waals surface area contributed by atoms with E-state index in [1.807, 2.05) is 18.2 Å². The molecule has 2 fully saturated rings. The summed E-state index contributed by atoms with van der Waals surface area (Å²) in [5.74, 6) is 0.613. The van der Waals surface area contributed by atoms with Gasteiger partial charge in [-0.3, -0.25) is 4.79 Å². The van der Waals surface area contributed by atoms with Gasteiger partial charge in [-0.05, 0) is 49.9 Å². The van der Waals surface area contributed by atoms with Gasteiger partial charge in [0, 0.05) is 24.7 Å². The highest BCUT2D eigenvalue weighted by Gasteiger charge is 2.34. The van der Waals surface area contributed by atoms with Crippen molar-refractivity contribution < 1.29 is 4.79 Å². The quantitative estimate of drug-likeness (QED) is 0.899. The number of nitrogens with zero attached hydrogens (tertiary/aromatic N) is 2. The number of likely N-dealkylation sites (tertiary alicyclic amines) is 1. The van der Waals surface area contributed by atoms with Gasteiger partial charge < -0.3 is 15.2 Å². The van der Waals surface area contributed by atoms with Crippen molar-refractivity contribution in [2.24, 2.45) is 5.92 Å². The van der Waals surface area contributed by atoms with E-state index in [9.17, 15) is 4.79 Å². The van der Waals surface area contributed by atoms with Crippen molar-refractivity contribution in [1.29, 1.82) is 0 Å². The van der Waals surface area contributed by atoms with Gasteiger partial charge in [0.05, 0.1) is 17.4 Å². The number of fused-ring (bicyclic) bond motifs is 1. The van der Waals surface area contributed by atoms with Crippen LogP contribution in [0.3, 0.4) is 0 Å². The molecule has 1 atom stereocenters. The maximum Gasteiger partial charge on any atom is 0.251 e. The number of amides is 1. The van der Waals surface area contributed by atoms with E-state index in [2.05, 4.69) is 20.2 Å². The number of aromatic nitrogens is 2. The van der Waals surface area contributed by atoms with Crippen LogP contribution in [0.1, 0.15) is 29.6 Å². The summed E-state index contributed by atoms with van der Waals surface area (Å²) in [6.45, 7) is 3.12. The molecule has 5 nitrogen and oxygen atoms in total. The van der Waals surface area contributed by atoms with E-state index in [0.29, 0.717) is 11.5 Å². The zero-order valence-electron chi connectivity index (χ0n) is 12.0. The van der Waals surface area contributed by atoms with Crippen LogP contribution in [0.4, 0.5) is 0 Å². The molecule has 21 heavy (non-hydrogen) atoms. The predicted molar refractivity (Wildman–Crippen MR) is 81.1 cm³/mol. The van der Waals surface area contributed by atoms with E-state index in [4.69, 9.17) is 0 Å². The number of hydrogen-bond donors (Lipinski definition) is 2. The number of aromatic amines is 1. The molecule has 1 aromatic heterocycles. The Bertz CT molecular complexity index is 661. The minimum absolute atomic E-state index is 0.0105. The first-order chi connectivity index (χ1) is 10.3. The highest BCUT2D eigenvalue weighted by Crippen LogP contribution is 2.31. The van der Waals surface area contributed by atoms with Gasteiger partial charge in [0.1, 0.15) is 0 Å². The Hall–Kier alpha value is -1.88. The number of rotatable bonds is 4. The first kappa shape index (κ1) is 12.8. The van der Waals surface area contributed by atoms with E-state index in [0.717, 1.165) is 30.2 Å². The molecule has 2 N–H and O–H groups in total. The number of imidazole rings is 1. The minimum atomic E-state index is 0.0105. The summed E-state index contributed by atoms with van der Waals surface area (Å²) in [4.78, 5) is 22.0. The van der Waals surface area contributed by atoms with Crippen molar-refractivity contribution in [2.75, 3.05) is 19.6 Å². The maximum absolute atomic E-state index is 12.2. The molecule has 0 radical (unpaired) electrons. The third kappa shape index (κ3) is 2.65. The van der Waals surface area contributed by atoms with E-state index in [1.54, 1.807) is 6.33 Å². The van der Waals surface area contributed by atoms with E-state index >= 15 is 0 Å². The maximum atomic E-state index is 12.2. The van der Waals surface area contributed by atoms with Crippen LogP contribution in [0.25, 0.3) is 11.0 Å². The minimum Gasteiger partial charge on any atom is -0.352 e. The van der Waals surface area contributed by atoms with E-state index in [1.165, 1.54) is 25.8 Å². The lowest BCUT2D eigenvalue weighted by Gasteiger charge is -2.15. The standard InChI is InChI=1S/C16H20N4O/c21-16(12-1-4-14-15(7-12)19-10-18-14)17-8-11-5-6-20(9-11)13-2-3-13/h1,4,7,10-11,13H,2-3,5-6,8-9H2,(H,17,21)(H,18,19). The summed E-state index contributed by atoms with van der Waals surface area (Å²) in [6, 6.07) is 6.42. The lowest BCUT2D eigenvalue weighted by molar-refractivity contribution is 0.0947. The Balaban J connectivity index is 1.34. The molecular weight excluding hydrogens is 264 g/mol. The molecule has 0 spiro atoms. The van der Waals surface area contributed by atoms with Crippen LogP contribution in [0.5, 0.6) is 0 Å². The zero-order valence-corrected chi connectivity index (χ0v) is 12.0. The number of hydrogen-bond acceptors (Lipinski definition) is 3. The Morgan fingerprint density at radius 1 is 1.38 bits per heavy atom. The lowest BCUT2D eigenvalue weighted by atomic mass is 10.1. The van der Waals surface area contributed by atoms with Gasteiger partial charge in [-0.25, -0.2) is 4.98 Å². The average Bonchev–Trinajstić information content (AvgIpc) is 3.07. The number of H-pyrrole nitrogens is 1. The second kappa shape index (κ2) is 5.15. The van der Waals surface area contributed by atoms with Crippen LogP contribution in [-0.2, 0) is 0 Å². The largest absolute Gasteiger partial charge is 0.352 e. The topological polar surface area (TPSA) is 61.0 Å². The van der Waals surface area contributed by atoms with E-state index < -0.39 is 0 Å². The average molecular weight is 284 g/mol. The van der Waals surface area contributed by atoms with Gasteiger partial charge >= 0.3 is 0 Å². The summed E-state index contributed by atoms with van der Waals surface area (Å²) in [5, 5.41) is 3.08. The van der Waals surface area contributed by atoms with Crippen LogP contribution in [0.2, 0.25) is 0 Å². The normalized spacial score (nSPS) is 22.8. The predicted octanol–water partition coefficient (Wildman–Crippen LogP) is 1.78. The third-order valence-electron chi connectivity index (χ3n) is 4.61. The van der Waals surface area contributed by atoms with Gasteiger partial charge in [-0.15, -0.1) is 0 Å². The molecule has 1 unspecified atom stereocenters. The molecule has 2 heterocycles. The van der Waals surface area contributed by atoms with Crippen molar-refractivity contribution in [3.8, 4) is 0 Å². The van der Waals surface area contributed by atoms with Crippen LogP contribution < -0.4 is 5.32 Å². The second-order valence-electron chi connectivity index (χ2n) is 6.23. The number of carbonyl (C=O) groups excluding carboxylic acids is 1. The monoisotopic (exact) mass is 284 g/mol. The molecule has 1 saturated carbocycles. The Morgan fingerprint density at radius 3 is 3.14 bits per heavy atom.